The molecule has 0 fully saturated rings. The zero-order valence-corrected chi connectivity index (χ0v) is 11.8. The minimum absolute atomic E-state index is 0.569. The van der Waals surface area contributed by atoms with Gasteiger partial charge in [-0.25, -0.2) is 0 Å². The van der Waals surface area contributed by atoms with E-state index in [1.54, 1.807) is 18.2 Å². The second-order valence-corrected chi connectivity index (χ2v) is 5.26. The zero-order chi connectivity index (χ0) is 13.9. The van der Waals surface area contributed by atoms with Crippen LogP contribution in [0.3, 0.4) is 0 Å². The SMILES string of the molecule is Nc1cc(Cl)ccc1OCCc1ccc2c(c1)CCO2. The molecule has 3 nitrogen and oxygen atoms in total. The van der Waals surface area contributed by atoms with Gasteiger partial charge in [0, 0.05) is 17.9 Å². The Hall–Kier alpha value is -1.87. The molecule has 1 aliphatic rings. The van der Waals surface area contributed by atoms with Gasteiger partial charge in [0.15, 0.2) is 0 Å². The third kappa shape index (κ3) is 2.83. The summed E-state index contributed by atoms with van der Waals surface area (Å²) < 4.78 is 11.2. The normalized spacial score (nSPS) is 12.8. The highest BCUT2D eigenvalue weighted by atomic mass is 35.5. The number of hydrogen-bond acceptors (Lipinski definition) is 3. The quantitative estimate of drug-likeness (QED) is 0.877. The fraction of sp³-hybridized carbons (Fsp3) is 0.250. The van der Waals surface area contributed by atoms with Crippen LogP contribution in [-0.2, 0) is 12.8 Å². The van der Waals surface area contributed by atoms with Gasteiger partial charge in [-0.2, -0.15) is 0 Å². The van der Waals surface area contributed by atoms with Crippen LogP contribution in [0.4, 0.5) is 5.69 Å². The molecular weight excluding hydrogens is 274 g/mol. The Morgan fingerprint density at radius 2 is 2.10 bits per heavy atom. The molecule has 0 bridgehead atoms. The van der Waals surface area contributed by atoms with Crippen LogP contribution in [0.1, 0.15) is 11.1 Å². The van der Waals surface area contributed by atoms with Gasteiger partial charge in [-0.15, -0.1) is 0 Å². The van der Waals surface area contributed by atoms with Crippen molar-refractivity contribution < 1.29 is 9.47 Å². The van der Waals surface area contributed by atoms with E-state index in [2.05, 4.69) is 12.1 Å². The van der Waals surface area contributed by atoms with E-state index in [9.17, 15) is 0 Å². The minimum atomic E-state index is 0.569. The minimum Gasteiger partial charge on any atom is -0.493 e. The van der Waals surface area contributed by atoms with E-state index in [1.807, 2.05) is 6.07 Å². The molecule has 3 rings (SSSR count). The van der Waals surface area contributed by atoms with Crippen LogP contribution in [0.5, 0.6) is 11.5 Å². The van der Waals surface area contributed by atoms with Gasteiger partial charge >= 0.3 is 0 Å². The van der Waals surface area contributed by atoms with Gasteiger partial charge in [0.1, 0.15) is 11.5 Å². The van der Waals surface area contributed by atoms with Crippen molar-refractivity contribution in [3.05, 3.63) is 52.5 Å². The van der Waals surface area contributed by atoms with Crippen LogP contribution in [-0.4, -0.2) is 13.2 Å². The Morgan fingerprint density at radius 3 is 2.95 bits per heavy atom. The summed E-state index contributed by atoms with van der Waals surface area (Å²) in [5.74, 6) is 1.69. The summed E-state index contributed by atoms with van der Waals surface area (Å²) in [6, 6.07) is 11.6. The van der Waals surface area contributed by atoms with Crippen molar-refractivity contribution in [2.45, 2.75) is 12.8 Å². The van der Waals surface area contributed by atoms with Crippen molar-refractivity contribution in [2.75, 3.05) is 18.9 Å². The number of hydrogen-bond donors (Lipinski definition) is 1. The molecule has 0 saturated heterocycles. The van der Waals surface area contributed by atoms with Crippen LogP contribution >= 0.6 is 11.6 Å². The van der Waals surface area contributed by atoms with E-state index < -0.39 is 0 Å². The van der Waals surface area contributed by atoms with Crippen LogP contribution in [0, 0.1) is 0 Å². The first-order valence-corrected chi connectivity index (χ1v) is 7.02. The van der Waals surface area contributed by atoms with Crippen LogP contribution in [0.25, 0.3) is 0 Å². The summed E-state index contributed by atoms with van der Waals surface area (Å²) >= 11 is 5.85. The molecule has 0 saturated carbocycles. The maximum atomic E-state index is 5.85. The molecule has 0 spiro atoms. The Morgan fingerprint density at radius 1 is 1.20 bits per heavy atom. The standard InChI is InChI=1S/C16H16ClNO2/c17-13-2-4-16(14(18)10-13)20-7-5-11-1-3-15-12(9-11)6-8-19-15/h1-4,9-10H,5-8,18H2. The molecule has 0 aliphatic carbocycles. The van der Waals surface area contributed by atoms with Crippen molar-refractivity contribution >= 4 is 17.3 Å². The van der Waals surface area contributed by atoms with Gasteiger partial charge in [-0.1, -0.05) is 23.7 Å². The van der Waals surface area contributed by atoms with Crippen LogP contribution in [0.2, 0.25) is 5.02 Å². The number of nitrogen functional groups attached to an aromatic ring is 1. The predicted octanol–water partition coefficient (Wildman–Crippen LogP) is 3.48. The van der Waals surface area contributed by atoms with Crippen molar-refractivity contribution in [3.8, 4) is 11.5 Å². The van der Waals surface area contributed by atoms with E-state index in [0.29, 0.717) is 23.1 Å². The molecular formula is C16H16ClNO2. The van der Waals surface area contributed by atoms with E-state index in [1.165, 1.54) is 11.1 Å². The topological polar surface area (TPSA) is 44.5 Å². The molecule has 20 heavy (non-hydrogen) atoms. The Kier molecular flexibility index (Phi) is 3.70. The Labute approximate surface area is 123 Å². The molecule has 2 N–H and O–H groups in total. The summed E-state index contributed by atoms with van der Waals surface area (Å²) in [4.78, 5) is 0. The molecule has 0 atom stereocenters. The highest BCUT2D eigenvalue weighted by Gasteiger charge is 2.11. The van der Waals surface area contributed by atoms with E-state index in [4.69, 9.17) is 26.8 Å². The molecule has 1 aliphatic heterocycles. The fourth-order valence-electron chi connectivity index (χ4n) is 2.33. The number of ether oxygens (including phenoxy) is 2. The van der Waals surface area contributed by atoms with Gasteiger partial charge in [0.2, 0.25) is 0 Å². The molecule has 0 amide bonds. The van der Waals surface area contributed by atoms with Crippen molar-refractivity contribution in [1.29, 1.82) is 0 Å². The number of fused-ring (bicyclic) bond motifs is 1. The van der Waals surface area contributed by atoms with Crippen molar-refractivity contribution in [3.63, 3.8) is 0 Å². The monoisotopic (exact) mass is 289 g/mol. The summed E-state index contributed by atoms with van der Waals surface area (Å²) in [6.45, 7) is 1.38. The number of benzene rings is 2. The lowest BCUT2D eigenvalue weighted by Crippen LogP contribution is -2.03. The van der Waals surface area contributed by atoms with Crippen LogP contribution in [0.15, 0.2) is 36.4 Å². The molecule has 0 aromatic heterocycles. The average Bonchev–Trinajstić information content (AvgIpc) is 2.89. The lowest BCUT2D eigenvalue weighted by molar-refractivity contribution is 0.323. The van der Waals surface area contributed by atoms with Gasteiger partial charge in [-0.3, -0.25) is 0 Å². The summed E-state index contributed by atoms with van der Waals surface area (Å²) in [5.41, 5.74) is 8.96. The molecule has 2 aromatic carbocycles. The van der Waals surface area contributed by atoms with Gasteiger partial charge in [0.05, 0.1) is 18.9 Å². The lowest BCUT2D eigenvalue weighted by Gasteiger charge is -2.09. The zero-order valence-electron chi connectivity index (χ0n) is 11.1. The number of halogens is 1. The number of rotatable bonds is 4. The summed E-state index contributed by atoms with van der Waals surface area (Å²) in [5, 5.41) is 0.619. The van der Waals surface area contributed by atoms with Gasteiger partial charge in [-0.05, 0) is 35.4 Å². The van der Waals surface area contributed by atoms with Gasteiger partial charge in [0.25, 0.3) is 0 Å². The second kappa shape index (κ2) is 5.63. The molecule has 0 unspecified atom stereocenters. The summed E-state index contributed by atoms with van der Waals surface area (Å²) in [6.07, 6.45) is 1.84. The largest absolute Gasteiger partial charge is 0.493 e. The molecule has 2 aromatic rings. The predicted molar refractivity (Wildman–Crippen MR) is 80.7 cm³/mol. The molecule has 1 heterocycles. The maximum Gasteiger partial charge on any atom is 0.142 e. The first kappa shape index (κ1) is 13.1. The number of anilines is 1. The van der Waals surface area contributed by atoms with E-state index >= 15 is 0 Å². The Bertz CT molecular complexity index is 628. The average molecular weight is 290 g/mol. The lowest BCUT2D eigenvalue weighted by atomic mass is 10.1. The third-order valence-electron chi connectivity index (χ3n) is 3.37. The van der Waals surface area contributed by atoms with E-state index in [-0.39, 0.29) is 0 Å². The highest BCUT2D eigenvalue weighted by Crippen LogP contribution is 2.27. The van der Waals surface area contributed by atoms with Gasteiger partial charge < -0.3 is 15.2 Å². The second-order valence-electron chi connectivity index (χ2n) is 4.82. The molecule has 4 heteroatoms. The molecule has 104 valence electrons. The number of nitrogens with two attached hydrogens (primary N) is 1. The molecule has 0 radical (unpaired) electrons. The third-order valence-corrected chi connectivity index (χ3v) is 3.61. The fourth-order valence-corrected chi connectivity index (χ4v) is 2.51. The van der Waals surface area contributed by atoms with Crippen molar-refractivity contribution in [2.24, 2.45) is 0 Å². The highest BCUT2D eigenvalue weighted by molar-refractivity contribution is 6.30. The Balaban J connectivity index is 1.60. The first-order chi connectivity index (χ1) is 9.72. The smallest absolute Gasteiger partial charge is 0.142 e. The summed E-state index contributed by atoms with van der Waals surface area (Å²) in [7, 11) is 0. The first-order valence-electron chi connectivity index (χ1n) is 6.65. The van der Waals surface area contributed by atoms with Crippen molar-refractivity contribution in [1.82, 2.24) is 0 Å². The van der Waals surface area contributed by atoms with E-state index in [0.717, 1.165) is 25.2 Å². The maximum absolute atomic E-state index is 5.85. The van der Waals surface area contributed by atoms with Crippen LogP contribution < -0.4 is 15.2 Å².